The Kier molecular flexibility index (Phi) is 3.24. The number of morpholine rings is 1. The summed E-state index contributed by atoms with van der Waals surface area (Å²) >= 11 is 0. The molecule has 2 atom stereocenters. The molecule has 4 N–H and O–H groups in total. The first-order chi connectivity index (χ1) is 8.74. The Morgan fingerprint density at radius 2 is 1.83 bits per heavy atom. The molecule has 2 aliphatic heterocycles. The molecular formula is C14H21N3O. The Balaban J connectivity index is 1.78. The molecule has 4 heteroatoms. The Labute approximate surface area is 108 Å². The van der Waals surface area contributed by atoms with Crippen molar-refractivity contribution in [2.75, 3.05) is 18.9 Å². The first-order valence-electron chi connectivity index (χ1n) is 6.66. The third-order valence-corrected chi connectivity index (χ3v) is 4.12. The molecule has 98 valence electrons. The minimum absolute atomic E-state index is 0.327. The van der Waals surface area contributed by atoms with Gasteiger partial charge in [0.25, 0.3) is 0 Å². The van der Waals surface area contributed by atoms with Crippen LogP contribution in [0.25, 0.3) is 0 Å². The van der Waals surface area contributed by atoms with Crippen molar-refractivity contribution in [3.05, 3.63) is 29.8 Å². The highest BCUT2D eigenvalue weighted by Gasteiger charge is 2.37. The number of rotatable bonds is 2. The van der Waals surface area contributed by atoms with Gasteiger partial charge in [0.05, 0.1) is 13.2 Å². The van der Waals surface area contributed by atoms with Gasteiger partial charge in [0.2, 0.25) is 0 Å². The van der Waals surface area contributed by atoms with Gasteiger partial charge in [0.15, 0.2) is 0 Å². The minimum atomic E-state index is 0.327. The van der Waals surface area contributed by atoms with E-state index in [1.807, 2.05) is 18.2 Å². The summed E-state index contributed by atoms with van der Waals surface area (Å²) in [6.45, 7) is 2.52. The van der Waals surface area contributed by atoms with Crippen molar-refractivity contribution in [1.82, 2.24) is 4.90 Å². The van der Waals surface area contributed by atoms with Crippen LogP contribution in [0.1, 0.15) is 18.4 Å². The van der Waals surface area contributed by atoms with Crippen LogP contribution in [-0.4, -0.2) is 36.2 Å². The van der Waals surface area contributed by atoms with Crippen molar-refractivity contribution < 1.29 is 4.74 Å². The Morgan fingerprint density at radius 3 is 2.50 bits per heavy atom. The first-order valence-corrected chi connectivity index (χ1v) is 6.66. The molecule has 0 aliphatic carbocycles. The van der Waals surface area contributed by atoms with E-state index in [0.717, 1.165) is 38.3 Å². The standard InChI is InChI=1S/C14H21N3O/c15-11-5-12-8-18-9-13(6-11)17(12)7-10-3-1-2-4-14(10)16/h1-4,11-13H,5-9,15-16H2. The Morgan fingerprint density at radius 1 is 1.17 bits per heavy atom. The number of hydrogen-bond acceptors (Lipinski definition) is 4. The fraction of sp³-hybridized carbons (Fsp3) is 0.571. The summed E-state index contributed by atoms with van der Waals surface area (Å²) < 4.78 is 5.65. The van der Waals surface area contributed by atoms with E-state index in [9.17, 15) is 0 Å². The monoisotopic (exact) mass is 247 g/mol. The van der Waals surface area contributed by atoms with Crippen LogP contribution in [0.4, 0.5) is 5.69 Å². The van der Waals surface area contributed by atoms with Crippen LogP contribution in [0.5, 0.6) is 0 Å². The van der Waals surface area contributed by atoms with E-state index in [-0.39, 0.29) is 0 Å². The van der Waals surface area contributed by atoms with Crippen LogP contribution in [0.15, 0.2) is 24.3 Å². The lowest BCUT2D eigenvalue weighted by Gasteiger charge is -2.47. The molecule has 0 amide bonds. The van der Waals surface area contributed by atoms with Crippen molar-refractivity contribution in [3.63, 3.8) is 0 Å². The second kappa shape index (κ2) is 4.88. The van der Waals surface area contributed by atoms with Gasteiger partial charge in [-0.2, -0.15) is 0 Å². The average molecular weight is 247 g/mol. The topological polar surface area (TPSA) is 64.5 Å². The van der Waals surface area contributed by atoms with Gasteiger partial charge in [-0.3, -0.25) is 4.90 Å². The molecule has 0 radical (unpaired) electrons. The van der Waals surface area contributed by atoms with E-state index in [1.165, 1.54) is 5.56 Å². The first kappa shape index (κ1) is 12.0. The number of fused-ring (bicyclic) bond motifs is 2. The number of hydrogen-bond donors (Lipinski definition) is 2. The molecule has 18 heavy (non-hydrogen) atoms. The van der Waals surface area contributed by atoms with Crippen LogP contribution in [0.3, 0.4) is 0 Å². The van der Waals surface area contributed by atoms with Gasteiger partial charge < -0.3 is 16.2 Å². The number of nitrogens with zero attached hydrogens (tertiary/aromatic N) is 1. The third-order valence-electron chi connectivity index (χ3n) is 4.12. The molecule has 2 aliphatic rings. The maximum Gasteiger partial charge on any atom is 0.0623 e. The summed E-state index contributed by atoms with van der Waals surface area (Å²) in [6.07, 6.45) is 2.06. The van der Waals surface area contributed by atoms with Crippen molar-refractivity contribution >= 4 is 5.69 Å². The number of piperidine rings is 1. The predicted molar refractivity (Wildman–Crippen MR) is 72.0 cm³/mol. The van der Waals surface area contributed by atoms with Gasteiger partial charge in [-0.05, 0) is 24.5 Å². The van der Waals surface area contributed by atoms with Crippen molar-refractivity contribution in [2.45, 2.75) is 37.5 Å². The van der Waals surface area contributed by atoms with E-state index < -0.39 is 0 Å². The van der Waals surface area contributed by atoms with Gasteiger partial charge in [0.1, 0.15) is 0 Å². The molecule has 0 saturated carbocycles. The second-order valence-corrected chi connectivity index (χ2v) is 5.45. The highest BCUT2D eigenvalue weighted by molar-refractivity contribution is 5.46. The maximum atomic E-state index is 6.10. The summed E-state index contributed by atoms with van der Waals surface area (Å²) in [5, 5.41) is 0. The minimum Gasteiger partial charge on any atom is -0.398 e. The van der Waals surface area contributed by atoms with E-state index in [4.69, 9.17) is 16.2 Å². The lowest BCUT2D eigenvalue weighted by atomic mass is 9.90. The lowest BCUT2D eigenvalue weighted by molar-refractivity contribution is -0.0818. The zero-order valence-corrected chi connectivity index (χ0v) is 10.6. The van der Waals surface area contributed by atoms with Crippen LogP contribution >= 0.6 is 0 Å². The molecule has 2 saturated heterocycles. The highest BCUT2D eigenvalue weighted by Crippen LogP contribution is 2.29. The van der Waals surface area contributed by atoms with E-state index in [1.54, 1.807) is 0 Å². The Hall–Kier alpha value is -1.10. The van der Waals surface area contributed by atoms with E-state index in [2.05, 4.69) is 11.0 Å². The maximum absolute atomic E-state index is 6.10. The molecule has 0 aromatic heterocycles. The molecule has 2 unspecified atom stereocenters. The third kappa shape index (κ3) is 2.23. The molecule has 0 spiro atoms. The van der Waals surface area contributed by atoms with Gasteiger partial charge in [-0.25, -0.2) is 0 Å². The SMILES string of the molecule is Nc1ccccc1CN1C2COCC1CC(N)C2. The van der Waals surface area contributed by atoms with Crippen LogP contribution in [0.2, 0.25) is 0 Å². The number of anilines is 1. The summed E-state index contributed by atoms with van der Waals surface area (Å²) in [5.41, 5.74) is 14.2. The molecule has 1 aromatic rings. The second-order valence-electron chi connectivity index (χ2n) is 5.45. The molecule has 2 bridgehead atoms. The summed E-state index contributed by atoms with van der Waals surface area (Å²) in [4.78, 5) is 2.53. The molecular weight excluding hydrogens is 226 g/mol. The lowest BCUT2D eigenvalue weighted by Crippen LogP contribution is -2.59. The number of nitrogen functional groups attached to an aromatic ring is 1. The van der Waals surface area contributed by atoms with E-state index >= 15 is 0 Å². The summed E-state index contributed by atoms with van der Waals surface area (Å²) in [6, 6.07) is 9.34. The van der Waals surface area contributed by atoms with Crippen molar-refractivity contribution in [2.24, 2.45) is 5.73 Å². The molecule has 2 fully saturated rings. The number of ether oxygens (including phenoxy) is 1. The van der Waals surface area contributed by atoms with Crippen molar-refractivity contribution in [3.8, 4) is 0 Å². The number of para-hydroxylation sites is 1. The molecule has 2 heterocycles. The van der Waals surface area contributed by atoms with E-state index in [0.29, 0.717) is 18.1 Å². The molecule has 3 rings (SSSR count). The fourth-order valence-corrected chi connectivity index (χ4v) is 3.16. The number of benzene rings is 1. The van der Waals surface area contributed by atoms with Crippen LogP contribution in [-0.2, 0) is 11.3 Å². The van der Waals surface area contributed by atoms with Gasteiger partial charge >= 0.3 is 0 Å². The highest BCUT2D eigenvalue weighted by atomic mass is 16.5. The number of nitrogens with two attached hydrogens (primary N) is 2. The largest absolute Gasteiger partial charge is 0.398 e. The predicted octanol–water partition coefficient (Wildman–Crippen LogP) is 0.959. The summed E-state index contributed by atoms with van der Waals surface area (Å²) in [5.74, 6) is 0. The smallest absolute Gasteiger partial charge is 0.0623 e. The fourth-order valence-electron chi connectivity index (χ4n) is 3.16. The molecule has 1 aromatic carbocycles. The van der Waals surface area contributed by atoms with Gasteiger partial charge in [0, 0.05) is 30.4 Å². The quantitative estimate of drug-likeness (QED) is 0.764. The Bertz CT molecular complexity index is 409. The summed E-state index contributed by atoms with van der Waals surface area (Å²) in [7, 11) is 0. The average Bonchev–Trinajstić information content (AvgIpc) is 2.33. The molecule has 4 nitrogen and oxygen atoms in total. The zero-order chi connectivity index (χ0) is 12.5. The van der Waals surface area contributed by atoms with Crippen molar-refractivity contribution in [1.29, 1.82) is 0 Å². The normalized spacial score (nSPS) is 32.4. The van der Waals surface area contributed by atoms with Crippen LogP contribution in [0, 0.1) is 0 Å². The van der Waals surface area contributed by atoms with Gasteiger partial charge in [-0.1, -0.05) is 18.2 Å². The zero-order valence-electron chi connectivity index (χ0n) is 10.6. The van der Waals surface area contributed by atoms with Crippen LogP contribution < -0.4 is 11.5 Å². The van der Waals surface area contributed by atoms with Gasteiger partial charge in [-0.15, -0.1) is 0 Å².